The SMILES string of the molecule is CCCCNC(=O)[C@@H](C)N(Cc1cccc(OC)c1)C(=O)CN(c1cccc([N+](=O)[O-])c1)S(C)(=O)=O. The molecular weight excluding hydrogens is 488 g/mol. The minimum Gasteiger partial charge on any atom is -0.497 e. The third-order valence-corrected chi connectivity index (χ3v) is 6.63. The van der Waals surface area contributed by atoms with E-state index >= 15 is 0 Å². The number of hydrogen-bond acceptors (Lipinski definition) is 7. The third-order valence-electron chi connectivity index (χ3n) is 5.49. The minimum absolute atomic E-state index is 0.0188. The van der Waals surface area contributed by atoms with Crippen molar-refractivity contribution in [2.45, 2.75) is 39.3 Å². The summed E-state index contributed by atoms with van der Waals surface area (Å²) in [4.78, 5) is 38.1. The van der Waals surface area contributed by atoms with E-state index < -0.39 is 33.4 Å². The van der Waals surface area contributed by atoms with Crippen LogP contribution in [-0.2, 0) is 26.2 Å². The predicted molar refractivity (Wildman–Crippen MR) is 136 cm³/mol. The Balaban J connectivity index is 2.40. The molecule has 2 rings (SSSR count). The number of carbonyl (C=O) groups is 2. The first-order chi connectivity index (χ1) is 17.0. The molecule has 0 fully saturated rings. The van der Waals surface area contributed by atoms with Crippen LogP contribution in [0.3, 0.4) is 0 Å². The molecule has 12 heteroatoms. The molecule has 2 aromatic rings. The van der Waals surface area contributed by atoms with Crippen LogP contribution in [0.15, 0.2) is 48.5 Å². The fourth-order valence-electron chi connectivity index (χ4n) is 3.46. The molecule has 2 aromatic carbocycles. The number of nitro groups is 1. The lowest BCUT2D eigenvalue weighted by Gasteiger charge is -2.31. The number of hydrogen-bond donors (Lipinski definition) is 1. The first-order valence-corrected chi connectivity index (χ1v) is 13.2. The summed E-state index contributed by atoms with van der Waals surface area (Å²) in [5.41, 5.74) is 0.337. The zero-order valence-electron chi connectivity index (χ0n) is 20.8. The summed E-state index contributed by atoms with van der Waals surface area (Å²) in [5, 5.41) is 14.0. The molecule has 0 saturated heterocycles. The van der Waals surface area contributed by atoms with Crippen LogP contribution >= 0.6 is 0 Å². The molecule has 0 aliphatic heterocycles. The van der Waals surface area contributed by atoms with Gasteiger partial charge < -0.3 is 15.0 Å². The standard InChI is InChI=1S/C24H32N4O7S/c1-5-6-13-25-24(30)18(2)26(16-19-9-7-12-22(14-19)35-3)23(29)17-27(36(4,33)34)20-10-8-11-21(15-20)28(31)32/h7-12,14-15,18H,5-6,13,16-17H2,1-4H3,(H,25,30)/t18-/m1/s1. The van der Waals surface area contributed by atoms with Gasteiger partial charge in [-0.1, -0.05) is 31.5 Å². The van der Waals surface area contributed by atoms with Gasteiger partial charge in [-0.15, -0.1) is 0 Å². The fraction of sp³-hybridized carbons (Fsp3) is 0.417. The maximum Gasteiger partial charge on any atom is 0.271 e. The lowest BCUT2D eigenvalue weighted by molar-refractivity contribution is -0.384. The van der Waals surface area contributed by atoms with Crippen LogP contribution in [-0.4, -0.2) is 62.6 Å². The Morgan fingerprint density at radius 2 is 1.86 bits per heavy atom. The van der Waals surface area contributed by atoms with Crippen molar-refractivity contribution in [2.24, 2.45) is 0 Å². The molecule has 2 amide bonds. The van der Waals surface area contributed by atoms with Crippen LogP contribution in [0.4, 0.5) is 11.4 Å². The van der Waals surface area contributed by atoms with E-state index in [0.29, 0.717) is 17.9 Å². The number of sulfonamides is 1. The number of rotatable bonds is 13. The van der Waals surface area contributed by atoms with E-state index in [9.17, 15) is 28.1 Å². The van der Waals surface area contributed by atoms with Crippen molar-refractivity contribution in [1.82, 2.24) is 10.2 Å². The van der Waals surface area contributed by atoms with Gasteiger partial charge in [-0.05, 0) is 37.1 Å². The molecular formula is C24H32N4O7S. The summed E-state index contributed by atoms with van der Waals surface area (Å²) in [7, 11) is -2.48. The monoisotopic (exact) mass is 520 g/mol. The molecule has 0 aromatic heterocycles. The highest BCUT2D eigenvalue weighted by atomic mass is 32.2. The molecule has 0 spiro atoms. The second-order valence-electron chi connectivity index (χ2n) is 8.24. The Hall–Kier alpha value is -3.67. The molecule has 0 saturated carbocycles. The smallest absolute Gasteiger partial charge is 0.271 e. The van der Waals surface area contributed by atoms with Crippen molar-refractivity contribution < 1.29 is 27.7 Å². The number of carbonyl (C=O) groups excluding carboxylic acids is 2. The van der Waals surface area contributed by atoms with Crippen LogP contribution in [0.5, 0.6) is 5.75 Å². The number of non-ortho nitro benzene ring substituents is 1. The van der Waals surface area contributed by atoms with Gasteiger partial charge >= 0.3 is 0 Å². The summed E-state index contributed by atoms with van der Waals surface area (Å²) in [5.74, 6) is -0.455. The summed E-state index contributed by atoms with van der Waals surface area (Å²) in [6, 6.07) is 11.1. The first kappa shape index (κ1) is 28.6. The van der Waals surface area contributed by atoms with Gasteiger partial charge in [-0.2, -0.15) is 0 Å². The maximum absolute atomic E-state index is 13.5. The Kier molecular flexibility index (Phi) is 10.2. The highest BCUT2D eigenvalue weighted by Crippen LogP contribution is 2.24. The fourth-order valence-corrected chi connectivity index (χ4v) is 4.30. The second kappa shape index (κ2) is 12.9. The topological polar surface area (TPSA) is 139 Å². The number of nitro benzene ring substituents is 1. The first-order valence-electron chi connectivity index (χ1n) is 11.4. The van der Waals surface area contributed by atoms with E-state index in [4.69, 9.17) is 4.74 Å². The number of unbranched alkanes of at least 4 members (excludes halogenated alkanes) is 1. The number of benzene rings is 2. The van der Waals surface area contributed by atoms with Gasteiger partial charge in [-0.3, -0.25) is 24.0 Å². The van der Waals surface area contributed by atoms with E-state index in [2.05, 4.69) is 5.32 Å². The second-order valence-corrected chi connectivity index (χ2v) is 10.1. The zero-order valence-corrected chi connectivity index (χ0v) is 21.7. The Bertz CT molecular complexity index is 1190. The van der Waals surface area contributed by atoms with Crippen LogP contribution < -0.4 is 14.4 Å². The molecule has 0 heterocycles. The van der Waals surface area contributed by atoms with Gasteiger partial charge in [0.1, 0.15) is 18.3 Å². The number of nitrogens with one attached hydrogen (secondary N) is 1. The minimum atomic E-state index is -3.99. The van der Waals surface area contributed by atoms with E-state index in [1.54, 1.807) is 31.2 Å². The molecule has 0 aliphatic rings. The van der Waals surface area contributed by atoms with Gasteiger partial charge in [0.05, 0.1) is 24.0 Å². The van der Waals surface area contributed by atoms with Gasteiger partial charge in [0, 0.05) is 25.2 Å². The van der Waals surface area contributed by atoms with Crippen molar-refractivity contribution in [1.29, 1.82) is 0 Å². The van der Waals surface area contributed by atoms with E-state index in [1.807, 2.05) is 6.92 Å². The average molecular weight is 521 g/mol. The maximum atomic E-state index is 13.5. The molecule has 11 nitrogen and oxygen atoms in total. The van der Waals surface area contributed by atoms with Crippen LogP contribution in [0.2, 0.25) is 0 Å². The van der Waals surface area contributed by atoms with E-state index in [1.165, 1.54) is 30.2 Å². The highest BCUT2D eigenvalue weighted by Gasteiger charge is 2.30. The van der Waals surface area contributed by atoms with Crippen molar-refractivity contribution in [3.8, 4) is 5.75 Å². The van der Waals surface area contributed by atoms with Crippen molar-refractivity contribution in [3.63, 3.8) is 0 Å². The molecule has 0 unspecified atom stereocenters. The highest BCUT2D eigenvalue weighted by molar-refractivity contribution is 7.92. The van der Waals surface area contributed by atoms with Gasteiger partial charge in [0.15, 0.2) is 0 Å². The molecule has 1 atom stereocenters. The third kappa shape index (κ3) is 7.94. The largest absolute Gasteiger partial charge is 0.497 e. The summed E-state index contributed by atoms with van der Waals surface area (Å²) in [6.45, 7) is 3.38. The Morgan fingerprint density at radius 1 is 1.17 bits per heavy atom. The number of anilines is 1. The molecule has 1 N–H and O–H groups in total. The Morgan fingerprint density at radius 3 is 2.47 bits per heavy atom. The number of amides is 2. The number of methoxy groups -OCH3 is 1. The average Bonchev–Trinajstić information content (AvgIpc) is 2.84. The van der Waals surface area contributed by atoms with Gasteiger partial charge in [0.25, 0.3) is 5.69 Å². The zero-order chi connectivity index (χ0) is 26.9. The van der Waals surface area contributed by atoms with E-state index in [-0.39, 0.29) is 23.8 Å². The molecule has 196 valence electrons. The molecule has 0 radical (unpaired) electrons. The van der Waals surface area contributed by atoms with Crippen molar-refractivity contribution in [3.05, 3.63) is 64.2 Å². The molecule has 0 aliphatic carbocycles. The summed E-state index contributed by atoms with van der Waals surface area (Å²) in [6.07, 6.45) is 2.57. The van der Waals surface area contributed by atoms with Crippen molar-refractivity contribution >= 4 is 33.2 Å². The molecule has 0 bridgehead atoms. The lowest BCUT2D eigenvalue weighted by Crippen LogP contribution is -2.51. The normalized spacial score (nSPS) is 11.9. The van der Waals surface area contributed by atoms with Crippen LogP contribution in [0.1, 0.15) is 32.3 Å². The molecule has 36 heavy (non-hydrogen) atoms. The van der Waals surface area contributed by atoms with Crippen LogP contribution in [0, 0.1) is 10.1 Å². The van der Waals surface area contributed by atoms with Crippen molar-refractivity contribution in [2.75, 3.05) is 30.8 Å². The van der Waals surface area contributed by atoms with Gasteiger partial charge in [0.2, 0.25) is 21.8 Å². The lowest BCUT2D eigenvalue weighted by atomic mass is 10.1. The van der Waals surface area contributed by atoms with Crippen LogP contribution in [0.25, 0.3) is 0 Å². The predicted octanol–water partition coefficient (Wildman–Crippen LogP) is 2.70. The quantitative estimate of drug-likeness (QED) is 0.243. The van der Waals surface area contributed by atoms with E-state index in [0.717, 1.165) is 29.5 Å². The summed E-state index contributed by atoms with van der Waals surface area (Å²) >= 11 is 0. The van der Waals surface area contributed by atoms with Gasteiger partial charge in [-0.25, -0.2) is 8.42 Å². The Labute approximate surface area is 211 Å². The number of ether oxygens (including phenoxy) is 1. The number of nitrogens with zero attached hydrogens (tertiary/aromatic N) is 3. The summed E-state index contributed by atoms with van der Waals surface area (Å²) < 4.78 is 31.2.